The van der Waals surface area contributed by atoms with Crippen LogP contribution in [-0.2, 0) is 5.75 Å². The maximum atomic E-state index is 6.39. The van der Waals surface area contributed by atoms with Crippen LogP contribution in [0.25, 0.3) is 10.1 Å². The van der Waals surface area contributed by atoms with Gasteiger partial charge in [0.05, 0.1) is 5.02 Å². The van der Waals surface area contributed by atoms with Crippen LogP contribution in [-0.4, -0.2) is 11.8 Å². The molecule has 1 atom stereocenters. The fraction of sp³-hybridized carbons (Fsp3) is 0.385. The van der Waals surface area contributed by atoms with E-state index in [1.165, 1.54) is 15.0 Å². The van der Waals surface area contributed by atoms with Crippen molar-refractivity contribution in [2.75, 3.05) is 6.54 Å². The molecule has 1 nitrogen and oxygen atoms in total. The van der Waals surface area contributed by atoms with Gasteiger partial charge in [-0.2, -0.15) is 11.8 Å². The lowest BCUT2D eigenvalue weighted by atomic mass is 10.2. The Morgan fingerprint density at radius 3 is 2.88 bits per heavy atom. The zero-order valence-corrected chi connectivity index (χ0v) is 12.2. The van der Waals surface area contributed by atoms with Gasteiger partial charge in [-0.3, -0.25) is 0 Å². The van der Waals surface area contributed by atoms with Crippen molar-refractivity contribution in [2.45, 2.75) is 24.3 Å². The molecule has 17 heavy (non-hydrogen) atoms. The monoisotopic (exact) mass is 285 g/mol. The summed E-state index contributed by atoms with van der Waals surface area (Å²) in [6, 6.07) is 8.31. The van der Waals surface area contributed by atoms with Gasteiger partial charge in [0.15, 0.2) is 0 Å². The molecule has 0 bridgehead atoms. The van der Waals surface area contributed by atoms with Crippen LogP contribution in [0.2, 0.25) is 5.02 Å². The third kappa shape index (κ3) is 3.16. The summed E-state index contributed by atoms with van der Waals surface area (Å²) in [5.74, 6) is 0.985. The number of nitrogens with two attached hydrogens (primary N) is 1. The molecule has 0 fully saturated rings. The Kier molecular flexibility index (Phi) is 4.74. The molecule has 0 aliphatic carbocycles. The predicted molar refractivity (Wildman–Crippen MR) is 81.3 cm³/mol. The molecule has 0 saturated carbocycles. The Bertz CT molecular complexity index is 495. The van der Waals surface area contributed by atoms with Crippen LogP contribution in [0.3, 0.4) is 0 Å². The number of rotatable bonds is 5. The van der Waals surface area contributed by atoms with Crippen molar-refractivity contribution in [3.05, 3.63) is 34.2 Å². The molecule has 2 N–H and O–H groups in total. The van der Waals surface area contributed by atoms with Gasteiger partial charge in [0.1, 0.15) is 0 Å². The average Bonchev–Trinajstić information content (AvgIpc) is 2.65. The standard InChI is InChI=1S/C13H16ClNS2/c1-9(6-7-15)16-8-12-13(14)10-4-2-3-5-11(10)17-12/h2-5,9H,6-8,15H2,1H3. The minimum atomic E-state index is 0.598. The molecule has 0 radical (unpaired) electrons. The first kappa shape index (κ1) is 13.2. The topological polar surface area (TPSA) is 26.0 Å². The summed E-state index contributed by atoms with van der Waals surface area (Å²) in [5, 5.41) is 2.71. The van der Waals surface area contributed by atoms with Crippen molar-refractivity contribution in [2.24, 2.45) is 5.73 Å². The molecule has 0 aliphatic heterocycles. The average molecular weight is 286 g/mol. The molecule has 0 saturated heterocycles. The van der Waals surface area contributed by atoms with Crippen molar-refractivity contribution in [1.29, 1.82) is 0 Å². The van der Waals surface area contributed by atoms with E-state index in [1.54, 1.807) is 11.3 Å². The minimum Gasteiger partial charge on any atom is -0.330 e. The van der Waals surface area contributed by atoms with Crippen LogP contribution in [0.15, 0.2) is 24.3 Å². The second kappa shape index (κ2) is 6.10. The van der Waals surface area contributed by atoms with E-state index in [-0.39, 0.29) is 0 Å². The molecule has 1 aromatic heterocycles. The summed E-state index contributed by atoms with van der Waals surface area (Å²) in [5.41, 5.74) is 5.55. The third-order valence-corrected chi connectivity index (χ3v) is 5.83. The van der Waals surface area contributed by atoms with E-state index in [0.29, 0.717) is 5.25 Å². The van der Waals surface area contributed by atoms with Gasteiger partial charge < -0.3 is 5.73 Å². The van der Waals surface area contributed by atoms with E-state index < -0.39 is 0 Å². The summed E-state index contributed by atoms with van der Waals surface area (Å²) in [6.45, 7) is 2.98. The number of thiophene rings is 1. The lowest BCUT2D eigenvalue weighted by Gasteiger charge is -2.08. The maximum Gasteiger partial charge on any atom is 0.0632 e. The van der Waals surface area contributed by atoms with Crippen molar-refractivity contribution in [1.82, 2.24) is 0 Å². The highest BCUT2D eigenvalue weighted by Crippen LogP contribution is 2.37. The zero-order valence-electron chi connectivity index (χ0n) is 9.78. The predicted octanol–water partition coefficient (Wildman–Crippen LogP) is 4.53. The molecular weight excluding hydrogens is 270 g/mol. The molecule has 1 unspecified atom stereocenters. The highest BCUT2D eigenvalue weighted by atomic mass is 35.5. The smallest absolute Gasteiger partial charge is 0.0632 e. The summed E-state index contributed by atoms with van der Waals surface area (Å²) < 4.78 is 1.28. The summed E-state index contributed by atoms with van der Waals surface area (Å²) >= 11 is 10.1. The van der Waals surface area contributed by atoms with Gasteiger partial charge in [-0.05, 0) is 19.0 Å². The first-order chi connectivity index (χ1) is 8.22. The van der Waals surface area contributed by atoms with Crippen molar-refractivity contribution in [3.8, 4) is 0 Å². The minimum absolute atomic E-state index is 0.598. The number of thioether (sulfide) groups is 1. The molecule has 0 aliphatic rings. The van der Waals surface area contributed by atoms with E-state index in [2.05, 4.69) is 25.1 Å². The van der Waals surface area contributed by atoms with Crippen LogP contribution in [0.4, 0.5) is 0 Å². The van der Waals surface area contributed by atoms with Crippen LogP contribution >= 0.6 is 34.7 Å². The van der Waals surface area contributed by atoms with E-state index in [9.17, 15) is 0 Å². The molecule has 1 aromatic carbocycles. The number of hydrogen-bond acceptors (Lipinski definition) is 3. The second-order valence-electron chi connectivity index (χ2n) is 4.03. The molecule has 92 valence electrons. The molecule has 0 amide bonds. The van der Waals surface area contributed by atoms with E-state index >= 15 is 0 Å². The largest absolute Gasteiger partial charge is 0.330 e. The summed E-state index contributed by atoms with van der Waals surface area (Å²) in [6.07, 6.45) is 1.06. The maximum absolute atomic E-state index is 6.39. The number of fused-ring (bicyclic) bond motifs is 1. The van der Waals surface area contributed by atoms with E-state index in [1.807, 2.05) is 17.8 Å². The number of hydrogen-bond donors (Lipinski definition) is 1. The highest BCUT2D eigenvalue weighted by molar-refractivity contribution is 7.99. The highest BCUT2D eigenvalue weighted by Gasteiger charge is 2.11. The summed E-state index contributed by atoms with van der Waals surface area (Å²) in [7, 11) is 0. The van der Waals surface area contributed by atoms with Crippen molar-refractivity contribution >= 4 is 44.8 Å². The Balaban J connectivity index is 2.11. The van der Waals surface area contributed by atoms with Crippen LogP contribution in [0, 0.1) is 0 Å². The Labute approximate surface area is 115 Å². The van der Waals surface area contributed by atoms with Gasteiger partial charge in [-0.15, -0.1) is 11.3 Å². The molecular formula is C13H16ClNS2. The lowest BCUT2D eigenvalue weighted by Crippen LogP contribution is -2.06. The fourth-order valence-corrected chi connectivity index (χ4v) is 4.39. The van der Waals surface area contributed by atoms with Gasteiger partial charge >= 0.3 is 0 Å². The molecule has 4 heteroatoms. The number of halogens is 1. The first-order valence-electron chi connectivity index (χ1n) is 5.70. The second-order valence-corrected chi connectivity index (χ2v) is 6.98. The van der Waals surface area contributed by atoms with Crippen LogP contribution in [0.1, 0.15) is 18.2 Å². The van der Waals surface area contributed by atoms with E-state index in [4.69, 9.17) is 17.3 Å². The molecule has 2 rings (SSSR count). The van der Waals surface area contributed by atoms with Crippen LogP contribution < -0.4 is 5.73 Å². The van der Waals surface area contributed by atoms with Crippen molar-refractivity contribution in [3.63, 3.8) is 0 Å². The SMILES string of the molecule is CC(CCN)SCc1sc2ccccc2c1Cl. The Hall–Kier alpha value is -0.220. The van der Waals surface area contributed by atoms with Gasteiger partial charge in [0, 0.05) is 26.0 Å². The van der Waals surface area contributed by atoms with Crippen molar-refractivity contribution < 1.29 is 0 Å². The number of benzene rings is 1. The molecule has 2 aromatic rings. The normalized spacial score (nSPS) is 13.1. The first-order valence-corrected chi connectivity index (χ1v) is 7.94. The molecule has 1 heterocycles. The van der Waals surface area contributed by atoms with E-state index in [0.717, 1.165) is 23.7 Å². The fourth-order valence-electron chi connectivity index (χ4n) is 1.69. The molecule has 0 spiro atoms. The van der Waals surface area contributed by atoms with Gasteiger partial charge in [-0.1, -0.05) is 36.7 Å². The Morgan fingerprint density at radius 2 is 2.18 bits per heavy atom. The zero-order chi connectivity index (χ0) is 12.3. The quantitative estimate of drug-likeness (QED) is 0.874. The van der Waals surface area contributed by atoms with Gasteiger partial charge in [-0.25, -0.2) is 0 Å². The Morgan fingerprint density at radius 1 is 1.41 bits per heavy atom. The van der Waals surface area contributed by atoms with Gasteiger partial charge in [0.25, 0.3) is 0 Å². The third-order valence-electron chi connectivity index (χ3n) is 2.67. The lowest BCUT2D eigenvalue weighted by molar-refractivity contribution is 0.823. The van der Waals surface area contributed by atoms with Crippen LogP contribution in [0.5, 0.6) is 0 Å². The summed E-state index contributed by atoms with van der Waals surface area (Å²) in [4.78, 5) is 1.28. The van der Waals surface area contributed by atoms with Gasteiger partial charge in [0.2, 0.25) is 0 Å².